The summed E-state index contributed by atoms with van der Waals surface area (Å²) in [5, 5.41) is 17.9. The lowest BCUT2D eigenvalue weighted by Gasteiger charge is -2.19. The predicted molar refractivity (Wildman–Crippen MR) is 69.7 cm³/mol. The second-order valence-corrected chi connectivity index (χ2v) is 5.94. The number of aliphatic hydroxyl groups excluding tert-OH is 1. The van der Waals surface area contributed by atoms with E-state index >= 15 is 0 Å². The van der Waals surface area contributed by atoms with E-state index in [0.29, 0.717) is 5.56 Å². The smallest absolute Gasteiger partial charge is 0.335 e. The van der Waals surface area contributed by atoms with E-state index in [4.69, 9.17) is 10.2 Å². The summed E-state index contributed by atoms with van der Waals surface area (Å²) >= 11 is 0. The Bertz CT molecular complexity index is 567. The summed E-state index contributed by atoms with van der Waals surface area (Å²) in [4.78, 5) is 10.9. The Kier molecular flexibility index (Phi) is 5.04. The van der Waals surface area contributed by atoms with Gasteiger partial charge in [-0.3, -0.25) is 0 Å². The van der Waals surface area contributed by atoms with Crippen molar-refractivity contribution in [2.24, 2.45) is 0 Å². The molecule has 1 aromatic carbocycles. The quantitative estimate of drug-likeness (QED) is 0.803. The topological polar surface area (TPSA) is 94.9 Å². The van der Waals surface area contributed by atoms with E-state index in [0.717, 1.165) is 10.4 Å². The maximum Gasteiger partial charge on any atom is 0.335 e. The minimum absolute atomic E-state index is 0.0187. The van der Waals surface area contributed by atoms with Gasteiger partial charge in [0.15, 0.2) is 0 Å². The van der Waals surface area contributed by atoms with E-state index in [1.165, 1.54) is 12.1 Å². The minimum Gasteiger partial charge on any atom is -0.478 e. The van der Waals surface area contributed by atoms with Gasteiger partial charge < -0.3 is 10.2 Å². The SMILES string of the molecule is CCN(CCO)S(=O)(=O)c1ccc(C)c(C(=O)O)c1. The number of carbonyl (C=O) groups is 1. The molecule has 0 bridgehead atoms. The van der Waals surface area contributed by atoms with Gasteiger partial charge in [0.25, 0.3) is 0 Å². The Morgan fingerprint density at radius 2 is 2.00 bits per heavy atom. The number of carboxylic acid groups (broad SMARTS) is 1. The highest BCUT2D eigenvalue weighted by molar-refractivity contribution is 7.89. The molecule has 0 amide bonds. The Morgan fingerprint density at radius 1 is 1.37 bits per heavy atom. The van der Waals surface area contributed by atoms with Crippen molar-refractivity contribution >= 4 is 16.0 Å². The molecule has 0 aromatic heterocycles. The number of benzene rings is 1. The summed E-state index contributed by atoms with van der Waals surface area (Å²) < 4.78 is 25.6. The van der Waals surface area contributed by atoms with Crippen molar-refractivity contribution < 1.29 is 23.4 Å². The molecule has 0 aliphatic heterocycles. The molecule has 0 atom stereocenters. The largest absolute Gasteiger partial charge is 0.478 e. The zero-order valence-electron chi connectivity index (χ0n) is 10.8. The summed E-state index contributed by atoms with van der Waals surface area (Å²) in [5.74, 6) is -1.17. The molecule has 2 N–H and O–H groups in total. The van der Waals surface area contributed by atoms with Crippen LogP contribution in [0.2, 0.25) is 0 Å². The van der Waals surface area contributed by atoms with Gasteiger partial charge in [0.05, 0.1) is 17.1 Å². The summed E-state index contributed by atoms with van der Waals surface area (Å²) in [7, 11) is -3.78. The molecular formula is C12H17NO5S. The van der Waals surface area contributed by atoms with Crippen molar-refractivity contribution in [3.8, 4) is 0 Å². The van der Waals surface area contributed by atoms with Crippen LogP contribution in [0, 0.1) is 6.92 Å². The van der Waals surface area contributed by atoms with Crippen molar-refractivity contribution in [1.29, 1.82) is 0 Å². The lowest BCUT2D eigenvalue weighted by atomic mass is 10.1. The normalized spacial score (nSPS) is 11.8. The van der Waals surface area contributed by atoms with Gasteiger partial charge in [0.2, 0.25) is 10.0 Å². The zero-order chi connectivity index (χ0) is 14.6. The van der Waals surface area contributed by atoms with E-state index in [2.05, 4.69) is 0 Å². The molecule has 0 saturated heterocycles. The molecule has 1 rings (SSSR count). The van der Waals surface area contributed by atoms with Gasteiger partial charge in [0.1, 0.15) is 0 Å². The Balaban J connectivity index is 3.29. The van der Waals surface area contributed by atoms with Crippen LogP contribution in [0.1, 0.15) is 22.8 Å². The average molecular weight is 287 g/mol. The highest BCUT2D eigenvalue weighted by atomic mass is 32.2. The Morgan fingerprint density at radius 3 is 2.47 bits per heavy atom. The van der Waals surface area contributed by atoms with Crippen LogP contribution in [0.4, 0.5) is 0 Å². The Hall–Kier alpha value is -1.44. The monoisotopic (exact) mass is 287 g/mol. The number of nitrogens with zero attached hydrogens (tertiary/aromatic N) is 1. The Labute approximate surface area is 112 Å². The standard InChI is InChI=1S/C12H17NO5S/c1-3-13(6-7-14)19(17,18)10-5-4-9(2)11(8-10)12(15)16/h4-5,8,14H,3,6-7H2,1-2H3,(H,15,16). The van der Waals surface area contributed by atoms with Crippen molar-refractivity contribution in [2.45, 2.75) is 18.7 Å². The number of hydrogen-bond acceptors (Lipinski definition) is 4. The number of sulfonamides is 1. The maximum atomic E-state index is 12.3. The molecule has 7 heteroatoms. The highest BCUT2D eigenvalue weighted by Gasteiger charge is 2.24. The van der Waals surface area contributed by atoms with Crippen molar-refractivity contribution in [3.05, 3.63) is 29.3 Å². The van der Waals surface area contributed by atoms with E-state index in [-0.39, 0.29) is 30.2 Å². The molecule has 0 aliphatic rings. The number of rotatable bonds is 6. The second-order valence-electron chi connectivity index (χ2n) is 4.00. The first kappa shape index (κ1) is 15.6. The lowest BCUT2D eigenvalue weighted by Crippen LogP contribution is -2.33. The fourth-order valence-electron chi connectivity index (χ4n) is 1.70. The van der Waals surface area contributed by atoms with Gasteiger partial charge in [-0.25, -0.2) is 13.2 Å². The number of hydrogen-bond donors (Lipinski definition) is 2. The van der Waals surface area contributed by atoms with Crippen LogP contribution in [0.15, 0.2) is 23.1 Å². The average Bonchev–Trinajstić information content (AvgIpc) is 2.35. The third-order valence-electron chi connectivity index (χ3n) is 2.78. The molecule has 1 aromatic rings. The molecule has 0 fully saturated rings. The predicted octanol–water partition coefficient (Wildman–Crippen LogP) is 0.696. The molecule has 0 unspecified atom stereocenters. The fourth-order valence-corrected chi connectivity index (χ4v) is 3.17. The second kappa shape index (κ2) is 6.14. The molecule has 106 valence electrons. The summed E-state index contributed by atoms with van der Waals surface area (Å²) in [6, 6.07) is 3.98. The molecule has 0 heterocycles. The molecule has 0 aliphatic carbocycles. The first-order chi connectivity index (χ1) is 8.84. The third-order valence-corrected chi connectivity index (χ3v) is 4.75. The number of aliphatic hydroxyl groups is 1. The van der Waals surface area contributed by atoms with E-state index < -0.39 is 16.0 Å². The van der Waals surface area contributed by atoms with Crippen LogP contribution < -0.4 is 0 Å². The third kappa shape index (κ3) is 3.31. The maximum absolute atomic E-state index is 12.3. The van der Waals surface area contributed by atoms with Gasteiger partial charge in [-0.05, 0) is 24.6 Å². The summed E-state index contributed by atoms with van der Waals surface area (Å²) in [6.07, 6.45) is 0. The number of likely N-dealkylation sites (N-methyl/N-ethyl adjacent to an activating group) is 1. The minimum atomic E-state index is -3.78. The molecule has 0 spiro atoms. The molecule has 0 radical (unpaired) electrons. The van der Waals surface area contributed by atoms with Crippen molar-refractivity contribution in [1.82, 2.24) is 4.31 Å². The number of aromatic carboxylic acids is 1. The number of carboxylic acids is 1. The molecular weight excluding hydrogens is 270 g/mol. The first-order valence-corrected chi connectivity index (χ1v) is 7.23. The number of aryl methyl sites for hydroxylation is 1. The molecule has 6 nitrogen and oxygen atoms in total. The van der Waals surface area contributed by atoms with Crippen LogP contribution in [0.25, 0.3) is 0 Å². The van der Waals surface area contributed by atoms with E-state index in [1.54, 1.807) is 13.8 Å². The van der Waals surface area contributed by atoms with Crippen LogP contribution in [0.5, 0.6) is 0 Å². The van der Waals surface area contributed by atoms with Crippen LogP contribution >= 0.6 is 0 Å². The highest BCUT2D eigenvalue weighted by Crippen LogP contribution is 2.19. The van der Waals surface area contributed by atoms with Crippen molar-refractivity contribution in [2.75, 3.05) is 19.7 Å². The molecule has 0 saturated carbocycles. The fraction of sp³-hybridized carbons (Fsp3) is 0.417. The van der Waals surface area contributed by atoms with Gasteiger partial charge in [-0.1, -0.05) is 13.0 Å². The summed E-state index contributed by atoms with van der Waals surface area (Å²) in [5.41, 5.74) is 0.456. The van der Waals surface area contributed by atoms with Gasteiger partial charge in [-0.15, -0.1) is 0 Å². The van der Waals surface area contributed by atoms with Gasteiger partial charge >= 0.3 is 5.97 Å². The first-order valence-electron chi connectivity index (χ1n) is 5.79. The lowest BCUT2D eigenvalue weighted by molar-refractivity contribution is 0.0696. The van der Waals surface area contributed by atoms with Crippen LogP contribution in [0.3, 0.4) is 0 Å². The van der Waals surface area contributed by atoms with Crippen LogP contribution in [-0.2, 0) is 10.0 Å². The molecule has 19 heavy (non-hydrogen) atoms. The van der Waals surface area contributed by atoms with Crippen molar-refractivity contribution in [3.63, 3.8) is 0 Å². The summed E-state index contributed by atoms with van der Waals surface area (Å²) in [6.45, 7) is 3.16. The van der Waals surface area contributed by atoms with E-state index in [1.807, 2.05) is 0 Å². The van der Waals surface area contributed by atoms with Crippen LogP contribution in [-0.4, -0.2) is 48.6 Å². The van der Waals surface area contributed by atoms with E-state index in [9.17, 15) is 13.2 Å². The van der Waals surface area contributed by atoms with Gasteiger partial charge in [0, 0.05) is 13.1 Å². The zero-order valence-corrected chi connectivity index (χ0v) is 11.6. The van der Waals surface area contributed by atoms with Gasteiger partial charge in [-0.2, -0.15) is 4.31 Å².